The molecule has 28 heavy (non-hydrogen) atoms. The molecule has 1 aromatic rings. The Labute approximate surface area is 169 Å². The van der Waals surface area contributed by atoms with Crippen LogP contribution in [-0.2, 0) is 9.53 Å². The average molecular weight is 378 g/mol. The number of allylic oxidation sites excluding steroid dienone is 8. The minimum atomic E-state index is -0.332. The molecule has 0 bridgehead atoms. The third-order valence-corrected chi connectivity index (χ3v) is 4.80. The Bertz CT molecular complexity index is 810. The van der Waals surface area contributed by atoms with Crippen molar-refractivity contribution >= 4 is 11.7 Å². The van der Waals surface area contributed by atoms with Crippen molar-refractivity contribution in [3.63, 3.8) is 0 Å². The highest BCUT2D eigenvalue weighted by Gasteiger charge is 2.14. The maximum absolute atomic E-state index is 11.7. The second-order valence-electron chi connectivity index (χ2n) is 7.14. The summed E-state index contributed by atoms with van der Waals surface area (Å²) in [6, 6.07) is 10.0. The van der Waals surface area contributed by atoms with E-state index in [1.165, 1.54) is 23.8 Å². The lowest BCUT2D eigenvalue weighted by Gasteiger charge is -2.20. The number of ether oxygens (including phenoxy) is 1. The molecule has 0 aliphatic heterocycles. The highest BCUT2D eigenvalue weighted by atomic mass is 16.5. The first-order valence-electron chi connectivity index (χ1n) is 9.97. The number of hydrogen-bond acceptors (Lipinski definition) is 3. The fourth-order valence-electron chi connectivity index (χ4n) is 3.23. The Morgan fingerprint density at radius 2 is 2.00 bits per heavy atom. The van der Waals surface area contributed by atoms with Crippen molar-refractivity contribution in [1.29, 1.82) is 0 Å². The van der Waals surface area contributed by atoms with Crippen molar-refractivity contribution < 1.29 is 9.53 Å². The van der Waals surface area contributed by atoms with Crippen LogP contribution in [0, 0.1) is 5.92 Å². The molecule has 1 atom stereocenters. The van der Waals surface area contributed by atoms with E-state index >= 15 is 0 Å². The maximum atomic E-state index is 11.7. The molecule has 1 unspecified atom stereocenters. The summed E-state index contributed by atoms with van der Waals surface area (Å²) in [6.45, 7) is 6.60. The number of nitrogens with zero attached hydrogens (tertiary/aromatic N) is 1. The summed E-state index contributed by atoms with van der Waals surface area (Å²) in [5.74, 6) is 0.0946. The first-order chi connectivity index (χ1) is 13.5. The van der Waals surface area contributed by atoms with Crippen LogP contribution in [0.25, 0.3) is 0 Å². The molecule has 0 saturated heterocycles. The monoisotopic (exact) mass is 377 g/mol. The lowest BCUT2D eigenvalue weighted by Crippen LogP contribution is -2.10. The third-order valence-electron chi connectivity index (χ3n) is 4.80. The van der Waals surface area contributed by atoms with Crippen LogP contribution in [0.2, 0.25) is 0 Å². The molecule has 3 heteroatoms. The standard InChI is InChI=1S/C25H31NO2/c1-5-10-22(23-16-15-19(2)11-9-12-20(23)3)17-24(26-18-25(27)28-4)21-13-7-6-8-14-21/h6-9,11,13-17,20H,5,10,12,18H2,1-4H3/b11-9+,19-15-,22-17+,23-16+,26-24?. The smallest absolute Gasteiger partial charge is 0.327 e. The Morgan fingerprint density at radius 3 is 2.68 bits per heavy atom. The quantitative estimate of drug-likeness (QED) is 0.442. The van der Waals surface area contributed by atoms with Gasteiger partial charge in [-0.1, -0.05) is 80.5 Å². The molecule has 0 saturated carbocycles. The first-order valence-corrected chi connectivity index (χ1v) is 9.97. The van der Waals surface area contributed by atoms with Gasteiger partial charge in [-0.2, -0.15) is 0 Å². The van der Waals surface area contributed by atoms with Crippen molar-refractivity contribution in [3.8, 4) is 0 Å². The van der Waals surface area contributed by atoms with E-state index in [1.807, 2.05) is 30.3 Å². The predicted octanol–water partition coefficient (Wildman–Crippen LogP) is 5.84. The van der Waals surface area contributed by atoms with Crippen LogP contribution in [0.15, 0.2) is 82.4 Å². The minimum Gasteiger partial charge on any atom is -0.468 e. The summed E-state index contributed by atoms with van der Waals surface area (Å²) in [5.41, 5.74) is 5.70. The molecule has 148 valence electrons. The number of carbonyl (C=O) groups is 1. The summed E-state index contributed by atoms with van der Waals surface area (Å²) >= 11 is 0. The number of aliphatic imine (C=N–C) groups is 1. The zero-order valence-corrected chi connectivity index (χ0v) is 17.4. The summed E-state index contributed by atoms with van der Waals surface area (Å²) < 4.78 is 4.77. The van der Waals surface area contributed by atoms with Crippen molar-refractivity contribution in [2.24, 2.45) is 10.9 Å². The molecular formula is C25H31NO2. The second-order valence-corrected chi connectivity index (χ2v) is 7.14. The van der Waals surface area contributed by atoms with Gasteiger partial charge in [-0.15, -0.1) is 0 Å². The molecule has 0 amide bonds. The molecular weight excluding hydrogens is 346 g/mol. The van der Waals surface area contributed by atoms with Gasteiger partial charge in [-0.05, 0) is 48.5 Å². The van der Waals surface area contributed by atoms with E-state index in [0.717, 1.165) is 30.5 Å². The molecule has 1 aromatic carbocycles. The molecule has 1 aliphatic rings. The van der Waals surface area contributed by atoms with Crippen LogP contribution >= 0.6 is 0 Å². The van der Waals surface area contributed by atoms with Crippen LogP contribution in [0.1, 0.15) is 45.6 Å². The van der Waals surface area contributed by atoms with E-state index in [9.17, 15) is 4.79 Å². The van der Waals surface area contributed by atoms with Gasteiger partial charge in [0.1, 0.15) is 6.54 Å². The Balaban J connectivity index is 2.50. The number of esters is 1. The number of carbonyl (C=O) groups excluding carboxylic acids is 1. The lowest BCUT2D eigenvalue weighted by molar-refractivity contribution is -0.138. The molecule has 0 heterocycles. The van der Waals surface area contributed by atoms with Gasteiger partial charge >= 0.3 is 5.97 Å². The topological polar surface area (TPSA) is 38.7 Å². The number of hydrogen-bond donors (Lipinski definition) is 0. The average Bonchev–Trinajstić information content (AvgIpc) is 2.70. The number of methoxy groups -OCH3 is 1. The highest BCUT2D eigenvalue weighted by molar-refractivity contribution is 6.10. The Kier molecular flexibility index (Phi) is 8.67. The fraction of sp³-hybridized carbons (Fsp3) is 0.360. The first kappa shape index (κ1) is 21.6. The number of benzene rings is 1. The molecule has 2 rings (SSSR count). The van der Waals surface area contributed by atoms with Crippen LogP contribution in [0.5, 0.6) is 0 Å². The van der Waals surface area contributed by atoms with Crippen molar-refractivity contribution in [2.75, 3.05) is 13.7 Å². The molecule has 0 fully saturated rings. The van der Waals surface area contributed by atoms with Gasteiger partial charge in [-0.25, -0.2) is 0 Å². The summed E-state index contributed by atoms with van der Waals surface area (Å²) in [7, 11) is 1.39. The SMILES string of the molecule is CCCC(=C\C(=NCC(=O)OC)c1ccccc1)/C1=C/C=C(C)\C=C\CC1C. The van der Waals surface area contributed by atoms with Crippen molar-refractivity contribution in [3.05, 3.63) is 83.0 Å². The van der Waals surface area contributed by atoms with Crippen molar-refractivity contribution in [1.82, 2.24) is 0 Å². The molecule has 0 N–H and O–H groups in total. The van der Waals surface area contributed by atoms with Gasteiger partial charge < -0.3 is 4.74 Å². The summed E-state index contributed by atoms with van der Waals surface area (Å²) in [6.07, 6.45) is 14.0. The van der Waals surface area contributed by atoms with E-state index in [1.54, 1.807) is 0 Å². The molecule has 1 aliphatic carbocycles. The van der Waals surface area contributed by atoms with E-state index in [4.69, 9.17) is 4.74 Å². The Hall–Kier alpha value is -2.68. The predicted molar refractivity (Wildman–Crippen MR) is 118 cm³/mol. The number of rotatable bonds is 7. The molecule has 0 aromatic heterocycles. The van der Waals surface area contributed by atoms with Crippen LogP contribution in [-0.4, -0.2) is 25.3 Å². The molecule has 3 nitrogen and oxygen atoms in total. The second kappa shape index (κ2) is 11.2. The van der Waals surface area contributed by atoms with Crippen LogP contribution in [0.4, 0.5) is 0 Å². The summed E-state index contributed by atoms with van der Waals surface area (Å²) in [5, 5.41) is 0. The normalized spacial score (nSPS) is 22.9. The van der Waals surface area contributed by atoms with E-state index < -0.39 is 0 Å². The van der Waals surface area contributed by atoms with Gasteiger partial charge in [0.2, 0.25) is 0 Å². The van der Waals surface area contributed by atoms with Crippen molar-refractivity contribution in [2.45, 2.75) is 40.0 Å². The zero-order valence-electron chi connectivity index (χ0n) is 17.4. The van der Waals surface area contributed by atoms with Crippen LogP contribution in [0.3, 0.4) is 0 Å². The van der Waals surface area contributed by atoms with Gasteiger partial charge in [0.25, 0.3) is 0 Å². The largest absolute Gasteiger partial charge is 0.468 e. The van der Waals surface area contributed by atoms with E-state index in [2.05, 4.69) is 56.1 Å². The van der Waals surface area contributed by atoms with Gasteiger partial charge in [0.05, 0.1) is 12.8 Å². The van der Waals surface area contributed by atoms with Gasteiger partial charge in [0, 0.05) is 0 Å². The lowest BCUT2D eigenvalue weighted by atomic mass is 9.86. The maximum Gasteiger partial charge on any atom is 0.327 e. The van der Waals surface area contributed by atoms with Gasteiger partial charge in [0.15, 0.2) is 0 Å². The fourth-order valence-corrected chi connectivity index (χ4v) is 3.23. The minimum absolute atomic E-state index is 0.0208. The van der Waals surface area contributed by atoms with E-state index in [-0.39, 0.29) is 12.5 Å². The zero-order chi connectivity index (χ0) is 20.4. The molecule has 0 spiro atoms. The van der Waals surface area contributed by atoms with Gasteiger partial charge in [-0.3, -0.25) is 9.79 Å². The summed E-state index contributed by atoms with van der Waals surface area (Å²) in [4.78, 5) is 16.2. The molecule has 0 radical (unpaired) electrons. The van der Waals surface area contributed by atoms with E-state index in [0.29, 0.717) is 5.92 Å². The highest BCUT2D eigenvalue weighted by Crippen LogP contribution is 2.29. The van der Waals surface area contributed by atoms with Crippen LogP contribution < -0.4 is 0 Å². The third kappa shape index (κ3) is 6.49. The Morgan fingerprint density at radius 1 is 1.25 bits per heavy atom.